The Morgan fingerprint density at radius 3 is 2.68 bits per heavy atom. The third-order valence-corrected chi connectivity index (χ3v) is 5.53. The van der Waals surface area contributed by atoms with Gasteiger partial charge in [0.15, 0.2) is 0 Å². The fourth-order valence-corrected chi connectivity index (χ4v) is 3.82. The molecule has 1 aromatic heterocycles. The number of hydrogen-bond donors (Lipinski definition) is 3. The van der Waals surface area contributed by atoms with Crippen molar-refractivity contribution in [1.29, 1.82) is 0 Å². The summed E-state index contributed by atoms with van der Waals surface area (Å²) >= 11 is 0. The van der Waals surface area contributed by atoms with E-state index in [4.69, 9.17) is 0 Å². The van der Waals surface area contributed by atoms with E-state index in [0.717, 1.165) is 29.0 Å². The number of aliphatic hydroxyl groups is 1. The Morgan fingerprint density at radius 1 is 1.16 bits per heavy atom. The summed E-state index contributed by atoms with van der Waals surface area (Å²) < 4.78 is 39.4. The van der Waals surface area contributed by atoms with Crippen LogP contribution >= 0.6 is 0 Å². The van der Waals surface area contributed by atoms with Crippen molar-refractivity contribution >= 4 is 22.2 Å². The zero-order chi connectivity index (χ0) is 22.2. The van der Waals surface area contributed by atoms with Crippen molar-refractivity contribution in [2.45, 2.75) is 44.5 Å². The highest BCUT2D eigenvalue weighted by atomic mass is 19.4. The zero-order valence-corrected chi connectivity index (χ0v) is 16.8. The number of anilines is 1. The van der Waals surface area contributed by atoms with Gasteiger partial charge in [0, 0.05) is 11.4 Å². The van der Waals surface area contributed by atoms with Gasteiger partial charge in [0.25, 0.3) is 0 Å². The lowest BCUT2D eigenvalue weighted by atomic mass is 9.91. The molecule has 2 aromatic carbocycles. The average molecular weight is 429 g/mol. The van der Waals surface area contributed by atoms with Gasteiger partial charge in [-0.25, -0.2) is 0 Å². The Labute approximate surface area is 177 Å². The maximum absolute atomic E-state index is 13.1. The summed E-state index contributed by atoms with van der Waals surface area (Å²) in [5.41, 5.74) is 2.85. The number of alkyl halides is 3. The molecule has 1 aliphatic carbocycles. The molecule has 1 heterocycles. The van der Waals surface area contributed by atoms with E-state index < -0.39 is 23.5 Å². The van der Waals surface area contributed by atoms with Crippen LogP contribution in [0.3, 0.4) is 0 Å². The molecule has 0 fully saturated rings. The molecule has 1 unspecified atom stereocenters. The minimum atomic E-state index is -4.55. The highest BCUT2D eigenvalue weighted by Gasteiger charge is 2.31. The van der Waals surface area contributed by atoms with Gasteiger partial charge in [0.05, 0.1) is 29.1 Å². The lowest BCUT2D eigenvalue weighted by Gasteiger charge is -2.20. The van der Waals surface area contributed by atoms with Crippen LogP contribution in [0.25, 0.3) is 16.5 Å². The number of aromatic nitrogens is 2. The number of aliphatic hydroxyl groups excluding tert-OH is 1. The first-order valence-electron chi connectivity index (χ1n) is 10.0. The van der Waals surface area contributed by atoms with Gasteiger partial charge in [-0.05, 0) is 73.2 Å². The van der Waals surface area contributed by atoms with E-state index in [-0.39, 0.29) is 6.10 Å². The second-order valence-corrected chi connectivity index (χ2v) is 7.82. The Balaban J connectivity index is 1.67. The molecule has 162 valence electrons. The van der Waals surface area contributed by atoms with Gasteiger partial charge < -0.3 is 15.5 Å². The summed E-state index contributed by atoms with van der Waals surface area (Å²) in [5.74, 6) is -0.440. The maximum Gasteiger partial charge on any atom is 0.416 e. The van der Waals surface area contributed by atoms with E-state index in [9.17, 15) is 23.4 Å². The summed E-state index contributed by atoms with van der Waals surface area (Å²) in [6.07, 6.45) is 0.808. The van der Waals surface area contributed by atoms with Crippen LogP contribution in [0.4, 0.5) is 18.9 Å². The van der Waals surface area contributed by atoms with Crippen LogP contribution in [-0.2, 0) is 6.18 Å². The van der Waals surface area contributed by atoms with Gasteiger partial charge in [0.2, 0.25) is 0 Å². The molecular formula is C23H22F3N3O2. The highest BCUT2D eigenvalue weighted by molar-refractivity contribution is 5.93. The minimum absolute atomic E-state index is 0.303. The van der Waals surface area contributed by atoms with Gasteiger partial charge in [-0.1, -0.05) is 12.1 Å². The van der Waals surface area contributed by atoms with Gasteiger partial charge in [-0.2, -0.15) is 23.4 Å². The van der Waals surface area contributed by atoms with Gasteiger partial charge in [0.1, 0.15) is 5.75 Å². The smallest absolute Gasteiger partial charge is 0.416 e. The third kappa shape index (κ3) is 4.64. The first-order chi connectivity index (χ1) is 14.7. The Kier molecular flexibility index (Phi) is 5.58. The molecular weight excluding hydrogens is 407 g/mol. The molecule has 0 bridgehead atoms. The fraction of sp³-hybridized carbons (Fsp3) is 0.304. The van der Waals surface area contributed by atoms with E-state index in [1.165, 1.54) is 12.3 Å². The molecule has 0 aliphatic heterocycles. The van der Waals surface area contributed by atoms with Crippen molar-refractivity contribution in [3.05, 3.63) is 65.4 Å². The number of hydrogen-bond acceptors (Lipinski definition) is 5. The number of fused-ring (bicyclic) bond motifs is 1. The molecule has 5 nitrogen and oxygen atoms in total. The monoisotopic (exact) mass is 429 g/mol. The molecule has 3 N–H and O–H groups in total. The predicted octanol–water partition coefficient (Wildman–Crippen LogP) is 5.46. The van der Waals surface area contributed by atoms with Crippen molar-refractivity contribution in [3.63, 3.8) is 0 Å². The number of allylic oxidation sites excluding steroid dienone is 1. The lowest BCUT2D eigenvalue weighted by molar-refractivity contribution is -0.137. The van der Waals surface area contributed by atoms with E-state index in [1.54, 1.807) is 6.92 Å². The Hall–Kier alpha value is -3.13. The number of phenolic OH excluding ortho intramolecular Hbond substituents is 1. The molecule has 0 amide bonds. The zero-order valence-electron chi connectivity index (χ0n) is 16.8. The summed E-state index contributed by atoms with van der Waals surface area (Å²) in [4.78, 5) is 0. The summed E-state index contributed by atoms with van der Waals surface area (Å²) in [7, 11) is 0. The molecule has 8 heteroatoms. The van der Waals surface area contributed by atoms with Crippen molar-refractivity contribution in [1.82, 2.24) is 10.2 Å². The van der Waals surface area contributed by atoms with E-state index in [2.05, 4.69) is 15.5 Å². The first-order valence-corrected chi connectivity index (χ1v) is 10.0. The molecule has 3 aromatic rings. The van der Waals surface area contributed by atoms with Crippen LogP contribution in [0.15, 0.2) is 48.7 Å². The largest absolute Gasteiger partial charge is 0.508 e. The number of halogens is 3. The Bertz CT molecular complexity index is 1140. The van der Waals surface area contributed by atoms with Crippen LogP contribution in [0.1, 0.15) is 48.9 Å². The number of benzene rings is 2. The van der Waals surface area contributed by atoms with Crippen molar-refractivity contribution in [2.24, 2.45) is 0 Å². The molecule has 31 heavy (non-hydrogen) atoms. The molecule has 0 spiro atoms. The number of phenols is 1. The van der Waals surface area contributed by atoms with E-state index >= 15 is 0 Å². The first kappa shape index (κ1) is 21.1. The molecule has 1 aliphatic rings. The topological polar surface area (TPSA) is 78.3 Å². The van der Waals surface area contributed by atoms with E-state index in [0.29, 0.717) is 35.7 Å². The quantitative estimate of drug-likeness (QED) is 0.514. The summed E-state index contributed by atoms with van der Waals surface area (Å²) in [6.45, 7) is 1.72. The normalized spacial score (nSPS) is 18.0. The van der Waals surface area contributed by atoms with Crippen LogP contribution < -0.4 is 5.32 Å². The van der Waals surface area contributed by atoms with Crippen LogP contribution in [-0.4, -0.2) is 26.5 Å². The van der Waals surface area contributed by atoms with Crippen LogP contribution in [0.5, 0.6) is 5.75 Å². The third-order valence-electron chi connectivity index (χ3n) is 5.53. The van der Waals surface area contributed by atoms with Crippen molar-refractivity contribution in [2.75, 3.05) is 5.32 Å². The highest BCUT2D eigenvalue weighted by Crippen LogP contribution is 2.35. The van der Waals surface area contributed by atoms with Crippen molar-refractivity contribution < 1.29 is 23.4 Å². The van der Waals surface area contributed by atoms with Crippen LogP contribution in [0.2, 0.25) is 0 Å². The number of rotatable bonds is 4. The second kappa shape index (κ2) is 8.19. The van der Waals surface area contributed by atoms with Crippen molar-refractivity contribution in [3.8, 4) is 5.75 Å². The number of aromatic hydroxyl groups is 1. The summed E-state index contributed by atoms with van der Waals surface area (Å²) in [6, 6.07) is 8.32. The van der Waals surface area contributed by atoms with E-state index in [1.807, 2.05) is 24.3 Å². The molecule has 2 atom stereocenters. The number of nitrogens with zero attached hydrogens (tertiary/aromatic N) is 2. The minimum Gasteiger partial charge on any atom is -0.508 e. The van der Waals surface area contributed by atoms with Gasteiger partial charge in [-0.3, -0.25) is 0 Å². The molecule has 0 saturated carbocycles. The number of nitrogens with one attached hydrogen (secondary N) is 1. The Morgan fingerprint density at radius 2 is 1.97 bits per heavy atom. The fourth-order valence-electron chi connectivity index (χ4n) is 3.82. The predicted molar refractivity (Wildman–Crippen MR) is 113 cm³/mol. The van der Waals surface area contributed by atoms with Gasteiger partial charge >= 0.3 is 6.18 Å². The maximum atomic E-state index is 13.1. The lowest BCUT2D eigenvalue weighted by Crippen LogP contribution is -2.11. The average Bonchev–Trinajstić information content (AvgIpc) is 2.73. The van der Waals surface area contributed by atoms with Crippen LogP contribution in [0, 0.1) is 0 Å². The standard InChI is InChI=1S/C23H22F3N3O2/c1-13(16-8-17(23(24,25)26)11-19(31)9-16)28-22-12-27-29-21-7-4-15(10-20(21)22)14-2-5-18(30)6-3-14/h2,4,7-13,18,30-31H,3,5-6H2,1H3,(H,28,29)/t13-,18?/m1/s1. The second-order valence-electron chi connectivity index (χ2n) is 7.82. The summed E-state index contributed by atoms with van der Waals surface area (Å²) in [5, 5.41) is 31.6. The SMILES string of the molecule is C[C@@H](Nc1cnnc2ccc(C3=CCC(O)CC3)cc12)c1cc(O)cc(C(F)(F)F)c1. The molecule has 4 rings (SSSR count). The molecule has 0 radical (unpaired) electrons. The molecule has 0 saturated heterocycles. The van der Waals surface area contributed by atoms with Gasteiger partial charge in [-0.15, -0.1) is 0 Å².